The zero-order valence-electron chi connectivity index (χ0n) is 10.7. The van der Waals surface area contributed by atoms with Crippen molar-refractivity contribution in [3.8, 4) is 0 Å². The van der Waals surface area contributed by atoms with E-state index in [1.165, 1.54) is 0 Å². The fraction of sp³-hybridized carbons (Fsp3) is 0.231. The van der Waals surface area contributed by atoms with Crippen molar-refractivity contribution in [2.24, 2.45) is 7.05 Å². The molecule has 2 amide bonds. The van der Waals surface area contributed by atoms with E-state index in [2.05, 4.69) is 15.7 Å². The van der Waals surface area contributed by atoms with E-state index in [0.29, 0.717) is 5.82 Å². The highest BCUT2D eigenvalue weighted by molar-refractivity contribution is 5.99. The van der Waals surface area contributed by atoms with Crippen LogP contribution in [0.4, 0.5) is 16.3 Å². The summed E-state index contributed by atoms with van der Waals surface area (Å²) in [5.74, 6) is 0.542. The molecule has 2 aromatic rings. The molecule has 2 rings (SSSR count). The summed E-state index contributed by atoms with van der Waals surface area (Å²) in [6.07, 6.45) is 0. The Bertz CT molecular complexity index is 555. The number of nitrogens with zero attached hydrogens (tertiary/aromatic N) is 2. The van der Waals surface area contributed by atoms with Crippen molar-refractivity contribution in [2.75, 3.05) is 10.6 Å². The van der Waals surface area contributed by atoms with Gasteiger partial charge < -0.3 is 5.32 Å². The molecular weight excluding hydrogens is 228 g/mol. The molecule has 0 atom stereocenters. The van der Waals surface area contributed by atoms with Crippen LogP contribution in [0.1, 0.15) is 11.3 Å². The first-order valence-corrected chi connectivity index (χ1v) is 5.70. The predicted molar refractivity (Wildman–Crippen MR) is 71.8 cm³/mol. The van der Waals surface area contributed by atoms with Crippen LogP contribution >= 0.6 is 0 Å². The number of anilines is 2. The molecule has 18 heavy (non-hydrogen) atoms. The largest absolute Gasteiger partial charge is 0.324 e. The fourth-order valence-corrected chi connectivity index (χ4v) is 1.62. The molecule has 0 aliphatic rings. The zero-order valence-corrected chi connectivity index (χ0v) is 10.7. The molecule has 0 aliphatic carbocycles. The van der Waals surface area contributed by atoms with Crippen LogP contribution in [-0.4, -0.2) is 15.8 Å². The summed E-state index contributed by atoms with van der Waals surface area (Å²) >= 11 is 0. The van der Waals surface area contributed by atoms with E-state index in [4.69, 9.17) is 0 Å². The molecular formula is C13H16N4O. The lowest BCUT2D eigenvalue weighted by atomic mass is 10.2. The van der Waals surface area contributed by atoms with E-state index in [1.54, 1.807) is 4.68 Å². The molecule has 0 saturated carbocycles. The van der Waals surface area contributed by atoms with Gasteiger partial charge in [0.15, 0.2) is 5.82 Å². The Morgan fingerprint density at radius 3 is 2.61 bits per heavy atom. The average Bonchev–Trinajstić information content (AvgIpc) is 2.57. The van der Waals surface area contributed by atoms with Gasteiger partial charge in [-0.15, -0.1) is 0 Å². The highest BCUT2D eigenvalue weighted by atomic mass is 16.2. The van der Waals surface area contributed by atoms with Crippen molar-refractivity contribution in [1.82, 2.24) is 9.78 Å². The van der Waals surface area contributed by atoms with Crippen molar-refractivity contribution in [2.45, 2.75) is 13.8 Å². The Labute approximate surface area is 106 Å². The van der Waals surface area contributed by atoms with Crippen LogP contribution in [-0.2, 0) is 7.05 Å². The van der Waals surface area contributed by atoms with Crippen molar-refractivity contribution in [3.63, 3.8) is 0 Å². The predicted octanol–water partition coefficient (Wildman–Crippen LogP) is 2.68. The second-order valence-corrected chi connectivity index (χ2v) is 4.24. The molecule has 1 heterocycles. The number of benzene rings is 1. The van der Waals surface area contributed by atoms with Crippen LogP contribution in [0.3, 0.4) is 0 Å². The Balaban J connectivity index is 2.01. The number of hydrogen-bond donors (Lipinski definition) is 2. The minimum Gasteiger partial charge on any atom is -0.308 e. The number of rotatable bonds is 2. The van der Waals surface area contributed by atoms with Crippen LogP contribution < -0.4 is 10.6 Å². The molecule has 0 aliphatic heterocycles. The summed E-state index contributed by atoms with van der Waals surface area (Å²) in [7, 11) is 1.83. The molecule has 94 valence electrons. The topological polar surface area (TPSA) is 59.0 Å². The summed E-state index contributed by atoms with van der Waals surface area (Å²) in [6, 6.07) is 9.15. The van der Waals surface area contributed by atoms with Crippen LogP contribution in [0.5, 0.6) is 0 Å². The zero-order chi connectivity index (χ0) is 13.1. The second kappa shape index (κ2) is 4.91. The maximum Gasteiger partial charge on any atom is 0.324 e. The highest BCUT2D eigenvalue weighted by Gasteiger charge is 2.06. The van der Waals surface area contributed by atoms with E-state index >= 15 is 0 Å². The molecule has 5 nitrogen and oxygen atoms in total. The van der Waals surface area contributed by atoms with Crippen LogP contribution in [0, 0.1) is 13.8 Å². The Hall–Kier alpha value is -2.30. The number of hydrogen-bond acceptors (Lipinski definition) is 2. The van der Waals surface area contributed by atoms with Crippen molar-refractivity contribution in [1.29, 1.82) is 0 Å². The average molecular weight is 244 g/mol. The molecule has 0 spiro atoms. The molecule has 0 bridgehead atoms. The van der Waals surface area contributed by atoms with Gasteiger partial charge in [-0.1, -0.05) is 12.1 Å². The first kappa shape index (κ1) is 12.2. The lowest BCUT2D eigenvalue weighted by Crippen LogP contribution is -2.19. The Morgan fingerprint density at radius 2 is 2.00 bits per heavy atom. The van der Waals surface area contributed by atoms with E-state index in [1.807, 2.05) is 51.2 Å². The number of aryl methyl sites for hydroxylation is 3. The van der Waals surface area contributed by atoms with Gasteiger partial charge in [0, 0.05) is 24.5 Å². The van der Waals surface area contributed by atoms with Gasteiger partial charge in [0.1, 0.15) is 0 Å². The maximum absolute atomic E-state index is 11.7. The van der Waals surface area contributed by atoms with Gasteiger partial charge >= 0.3 is 6.03 Å². The van der Waals surface area contributed by atoms with Gasteiger partial charge in [-0.25, -0.2) is 4.79 Å². The molecule has 0 unspecified atom stereocenters. The molecule has 0 saturated heterocycles. The third kappa shape index (κ3) is 2.88. The summed E-state index contributed by atoms with van der Waals surface area (Å²) < 4.78 is 1.71. The third-order valence-electron chi connectivity index (χ3n) is 2.63. The van der Waals surface area contributed by atoms with Crippen molar-refractivity contribution < 1.29 is 4.79 Å². The first-order chi connectivity index (χ1) is 8.54. The lowest BCUT2D eigenvalue weighted by molar-refractivity contribution is 0.262. The van der Waals surface area contributed by atoms with Gasteiger partial charge in [0.05, 0.1) is 0 Å². The van der Waals surface area contributed by atoms with Gasteiger partial charge in [-0.3, -0.25) is 10.00 Å². The quantitative estimate of drug-likeness (QED) is 0.853. The number of nitrogens with one attached hydrogen (secondary N) is 2. The summed E-state index contributed by atoms with van der Waals surface area (Å²) in [5, 5.41) is 9.60. The van der Waals surface area contributed by atoms with Crippen LogP contribution in [0.15, 0.2) is 30.3 Å². The first-order valence-electron chi connectivity index (χ1n) is 5.70. The van der Waals surface area contributed by atoms with Crippen molar-refractivity contribution >= 4 is 17.5 Å². The third-order valence-corrected chi connectivity index (χ3v) is 2.63. The van der Waals surface area contributed by atoms with Gasteiger partial charge in [0.25, 0.3) is 0 Å². The molecule has 2 N–H and O–H groups in total. The molecule has 1 aromatic heterocycles. The van der Waals surface area contributed by atoms with Crippen LogP contribution in [0.2, 0.25) is 0 Å². The van der Waals surface area contributed by atoms with Gasteiger partial charge in [0.2, 0.25) is 0 Å². The van der Waals surface area contributed by atoms with E-state index in [-0.39, 0.29) is 6.03 Å². The summed E-state index contributed by atoms with van der Waals surface area (Å²) in [5.41, 5.74) is 2.85. The number of amides is 2. The molecule has 1 aromatic carbocycles. The Morgan fingerprint density at radius 1 is 1.22 bits per heavy atom. The molecule has 0 radical (unpaired) electrons. The van der Waals surface area contributed by atoms with Crippen LogP contribution in [0.25, 0.3) is 0 Å². The highest BCUT2D eigenvalue weighted by Crippen LogP contribution is 2.11. The summed E-state index contributed by atoms with van der Waals surface area (Å²) in [4.78, 5) is 11.7. The fourth-order valence-electron chi connectivity index (χ4n) is 1.62. The van der Waals surface area contributed by atoms with E-state index in [0.717, 1.165) is 16.9 Å². The molecule has 5 heteroatoms. The number of carbonyl (C=O) groups excluding carboxylic acids is 1. The Kier molecular flexibility index (Phi) is 3.32. The van der Waals surface area contributed by atoms with E-state index in [9.17, 15) is 4.79 Å². The maximum atomic E-state index is 11.7. The SMILES string of the molecule is Cc1cccc(NC(=O)Nc2cc(C)n(C)n2)c1. The molecule has 0 fully saturated rings. The monoisotopic (exact) mass is 244 g/mol. The summed E-state index contributed by atoms with van der Waals surface area (Å²) in [6.45, 7) is 3.90. The number of urea groups is 1. The normalized spacial score (nSPS) is 10.2. The minimum absolute atomic E-state index is 0.293. The van der Waals surface area contributed by atoms with Gasteiger partial charge in [-0.05, 0) is 31.5 Å². The lowest BCUT2D eigenvalue weighted by Gasteiger charge is -2.05. The second-order valence-electron chi connectivity index (χ2n) is 4.24. The number of aromatic nitrogens is 2. The van der Waals surface area contributed by atoms with E-state index < -0.39 is 0 Å². The van der Waals surface area contributed by atoms with Gasteiger partial charge in [-0.2, -0.15) is 5.10 Å². The van der Waals surface area contributed by atoms with Crippen molar-refractivity contribution in [3.05, 3.63) is 41.6 Å². The standard InChI is InChI=1S/C13H16N4O/c1-9-5-4-6-11(7-9)14-13(18)15-12-8-10(2)17(3)16-12/h4-8H,1-3H3,(H2,14,15,16,18). The smallest absolute Gasteiger partial charge is 0.308 e. The minimum atomic E-state index is -0.293. The number of carbonyl (C=O) groups is 1.